The molecule has 2 N–H and O–H groups in total. The fourth-order valence-electron chi connectivity index (χ4n) is 2.67. The van der Waals surface area contributed by atoms with E-state index in [2.05, 4.69) is 15.4 Å². The summed E-state index contributed by atoms with van der Waals surface area (Å²) >= 11 is 0. The zero-order chi connectivity index (χ0) is 31.2. The fraction of sp³-hybridized carbons (Fsp3) is 0.469. The number of carbonyl (C=O) groups is 3. The lowest BCUT2D eigenvalue weighted by molar-refractivity contribution is -0.136. The highest BCUT2D eigenvalue weighted by molar-refractivity contribution is 5.97. The standard InChI is InChI=1S/C26H34N2O5.3C2H6/c1-9-19(20-11-13-22(14-12-20)28-25(31)33-26(5,6)7)15-17(3)23(29)27-21(10-2)16-18(4)24(30)32-8;3*1-2/h9-16H,1-8H3,(H,27,29)(H,28,31);3*1-2H3/b17-15+,18-16+,19-9+,21-10+;;;. The summed E-state index contributed by atoms with van der Waals surface area (Å²) in [6, 6.07) is 7.24. The molecule has 2 amide bonds. The quantitative estimate of drug-likeness (QED) is 0.204. The van der Waals surface area contributed by atoms with Crippen LogP contribution in [0, 0.1) is 0 Å². The number of anilines is 1. The summed E-state index contributed by atoms with van der Waals surface area (Å²) < 4.78 is 9.93. The fourth-order valence-corrected chi connectivity index (χ4v) is 2.67. The van der Waals surface area contributed by atoms with E-state index in [1.165, 1.54) is 7.11 Å². The molecule has 220 valence electrons. The molecule has 0 saturated carbocycles. The first-order chi connectivity index (χ1) is 18.4. The highest BCUT2D eigenvalue weighted by Gasteiger charge is 2.16. The average molecular weight is 545 g/mol. The molecule has 7 nitrogen and oxygen atoms in total. The molecule has 0 atom stereocenters. The van der Waals surface area contributed by atoms with Crippen molar-refractivity contribution < 1.29 is 23.9 Å². The minimum absolute atomic E-state index is 0.292. The van der Waals surface area contributed by atoms with Crippen molar-refractivity contribution in [1.29, 1.82) is 0 Å². The van der Waals surface area contributed by atoms with Crippen LogP contribution < -0.4 is 10.6 Å². The molecular weight excluding hydrogens is 492 g/mol. The van der Waals surface area contributed by atoms with Crippen LogP contribution in [0.25, 0.3) is 5.57 Å². The molecule has 0 aromatic heterocycles. The predicted molar refractivity (Wildman–Crippen MR) is 165 cm³/mol. The maximum absolute atomic E-state index is 12.7. The molecule has 0 saturated heterocycles. The van der Waals surface area contributed by atoms with E-state index >= 15 is 0 Å². The third kappa shape index (κ3) is 17.5. The highest BCUT2D eigenvalue weighted by Crippen LogP contribution is 2.21. The molecule has 0 fully saturated rings. The number of hydrogen-bond acceptors (Lipinski definition) is 5. The third-order valence-electron chi connectivity index (χ3n) is 4.35. The molecule has 0 unspecified atom stereocenters. The van der Waals surface area contributed by atoms with Gasteiger partial charge in [-0.05, 0) is 83.9 Å². The number of esters is 1. The van der Waals surface area contributed by atoms with Gasteiger partial charge in [-0.25, -0.2) is 9.59 Å². The van der Waals surface area contributed by atoms with Crippen LogP contribution in [-0.2, 0) is 19.1 Å². The molecule has 0 aliphatic rings. The smallest absolute Gasteiger partial charge is 0.412 e. The van der Waals surface area contributed by atoms with Gasteiger partial charge in [0.25, 0.3) is 5.91 Å². The predicted octanol–water partition coefficient (Wildman–Crippen LogP) is 8.60. The Hall–Kier alpha value is -3.61. The molecule has 1 aromatic carbocycles. The molecule has 0 heterocycles. The zero-order valence-electron chi connectivity index (χ0n) is 26.7. The number of carbonyl (C=O) groups excluding carboxylic acids is 3. The molecule has 0 aliphatic heterocycles. The van der Waals surface area contributed by atoms with Gasteiger partial charge in [0.1, 0.15) is 5.60 Å². The second kappa shape index (κ2) is 22.4. The average Bonchev–Trinajstić information content (AvgIpc) is 2.93. The van der Waals surface area contributed by atoms with Crippen molar-refractivity contribution >= 4 is 29.2 Å². The van der Waals surface area contributed by atoms with E-state index in [0.29, 0.717) is 22.5 Å². The second-order valence-electron chi connectivity index (χ2n) is 8.29. The largest absolute Gasteiger partial charge is 0.466 e. The van der Waals surface area contributed by atoms with Gasteiger partial charge in [0.05, 0.1) is 7.11 Å². The number of nitrogens with one attached hydrogen (secondary N) is 2. The van der Waals surface area contributed by atoms with Gasteiger partial charge in [0.2, 0.25) is 0 Å². The van der Waals surface area contributed by atoms with E-state index in [1.54, 1.807) is 71.9 Å². The second-order valence-corrected chi connectivity index (χ2v) is 8.29. The minimum atomic E-state index is -0.578. The van der Waals surface area contributed by atoms with E-state index < -0.39 is 17.7 Å². The summed E-state index contributed by atoms with van der Waals surface area (Å²) in [4.78, 5) is 36.2. The lowest BCUT2D eigenvalue weighted by Gasteiger charge is -2.19. The van der Waals surface area contributed by atoms with E-state index in [0.717, 1.165) is 11.1 Å². The van der Waals surface area contributed by atoms with Gasteiger partial charge in [0, 0.05) is 22.5 Å². The number of hydrogen-bond donors (Lipinski definition) is 2. The summed E-state index contributed by atoms with van der Waals surface area (Å²) in [6.07, 6.45) is 6.40. The molecule has 1 aromatic rings. The number of allylic oxidation sites excluding steroid dienone is 5. The monoisotopic (exact) mass is 544 g/mol. The number of ether oxygens (including phenoxy) is 2. The van der Waals surface area contributed by atoms with Crippen molar-refractivity contribution in [3.05, 3.63) is 71.0 Å². The van der Waals surface area contributed by atoms with Crippen molar-refractivity contribution in [3.63, 3.8) is 0 Å². The summed E-state index contributed by atoms with van der Waals surface area (Å²) in [5.74, 6) is -0.753. The minimum Gasteiger partial charge on any atom is -0.466 e. The number of amides is 2. The van der Waals surface area contributed by atoms with E-state index in [9.17, 15) is 14.4 Å². The molecule has 0 aliphatic carbocycles. The molecule has 39 heavy (non-hydrogen) atoms. The first-order valence-electron chi connectivity index (χ1n) is 13.6. The zero-order valence-corrected chi connectivity index (χ0v) is 26.7. The highest BCUT2D eigenvalue weighted by atomic mass is 16.6. The van der Waals surface area contributed by atoms with E-state index in [-0.39, 0.29) is 5.91 Å². The van der Waals surface area contributed by atoms with Crippen molar-refractivity contribution in [2.24, 2.45) is 0 Å². The lowest BCUT2D eigenvalue weighted by Crippen LogP contribution is -2.27. The van der Waals surface area contributed by atoms with Crippen molar-refractivity contribution in [3.8, 4) is 0 Å². The Kier molecular flexibility index (Phi) is 22.9. The molecule has 1 rings (SSSR count). The van der Waals surface area contributed by atoms with Crippen LogP contribution >= 0.6 is 0 Å². The molecule has 0 bridgehead atoms. The lowest BCUT2D eigenvalue weighted by atomic mass is 10.0. The van der Waals surface area contributed by atoms with Crippen LogP contribution in [0.3, 0.4) is 0 Å². The topological polar surface area (TPSA) is 93.7 Å². The van der Waals surface area contributed by atoms with E-state index in [1.807, 2.05) is 66.7 Å². The maximum atomic E-state index is 12.7. The van der Waals surface area contributed by atoms with Gasteiger partial charge in [-0.15, -0.1) is 0 Å². The van der Waals surface area contributed by atoms with Crippen molar-refractivity contribution in [2.45, 2.75) is 95.6 Å². The van der Waals surface area contributed by atoms with Gasteiger partial charge in [-0.3, -0.25) is 10.1 Å². The van der Waals surface area contributed by atoms with Gasteiger partial charge in [-0.1, -0.05) is 65.8 Å². The number of benzene rings is 1. The van der Waals surface area contributed by atoms with Crippen molar-refractivity contribution in [2.75, 3.05) is 12.4 Å². The molecule has 0 radical (unpaired) electrons. The first-order valence-corrected chi connectivity index (χ1v) is 13.6. The summed E-state index contributed by atoms with van der Waals surface area (Å²) in [5.41, 5.74) is 3.11. The van der Waals surface area contributed by atoms with Gasteiger partial charge in [0.15, 0.2) is 0 Å². The Labute approximate surface area is 237 Å². The molecule has 0 spiro atoms. The van der Waals surface area contributed by atoms with E-state index in [4.69, 9.17) is 4.74 Å². The van der Waals surface area contributed by atoms with Crippen molar-refractivity contribution in [1.82, 2.24) is 5.32 Å². The number of methoxy groups -OCH3 is 1. The Morgan fingerprint density at radius 3 is 1.72 bits per heavy atom. The third-order valence-corrected chi connectivity index (χ3v) is 4.35. The van der Waals surface area contributed by atoms with Crippen LogP contribution in [0.4, 0.5) is 10.5 Å². The van der Waals surface area contributed by atoms with Crippen LogP contribution in [-0.4, -0.2) is 30.7 Å². The Balaban J connectivity index is -0.00000201. The van der Waals surface area contributed by atoms with Gasteiger partial charge in [-0.2, -0.15) is 0 Å². The van der Waals surface area contributed by atoms with Gasteiger partial charge < -0.3 is 14.8 Å². The van der Waals surface area contributed by atoms with Crippen LogP contribution in [0.2, 0.25) is 0 Å². The van der Waals surface area contributed by atoms with Gasteiger partial charge >= 0.3 is 12.1 Å². The summed E-state index contributed by atoms with van der Waals surface area (Å²) in [6.45, 7) is 24.4. The molecule has 7 heteroatoms. The Morgan fingerprint density at radius 2 is 1.31 bits per heavy atom. The summed E-state index contributed by atoms with van der Waals surface area (Å²) in [7, 11) is 1.30. The normalized spacial score (nSPS) is 11.7. The summed E-state index contributed by atoms with van der Waals surface area (Å²) in [5, 5.41) is 5.48. The number of rotatable bonds is 7. The molecular formula is C32H52N2O5. The Morgan fingerprint density at radius 1 is 0.795 bits per heavy atom. The van der Waals surface area contributed by atoms with Crippen LogP contribution in [0.15, 0.2) is 65.4 Å². The Bertz CT molecular complexity index is 992. The first kappa shape index (κ1) is 39.9. The van der Waals surface area contributed by atoms with Crippen LogP contribution in [0.1, 0.15) is 95.6 Å². The van der Waals surface area contributed by atoms with Crippen LogP contribution in [0.5, 0.6) is 0 Å². The maximum Gasteiger partial charge on any atom is 0.412 e. The SMILES string of the molecule is C/C=C(\C=C(/C)C(=O)OC)NC(=O)/C(C)=C/C(=C\C)c1ccc(NC(=O)OC(C)(C)C)cc1.CC.CC.CC.